The maximum atomic E-state index is 12.8. The summed E-state index contributed by atoms with van der Waals surface area (Å²) in [7, 11) is 0. The number of benzene rings is 2. The Morgan fingerprint density at radius 1 is 1.15 bits per heavy atom. The Labute approximate surface area is 173 Å². The number of para-hydroxylation sites is 1. The van der Waals surface area contributed by atoms with Crippen LogP contribution >= 0.6 is 31.9 Å². The molecule has 0 aliphatic carbocycles. The summed E-state index contributed by atoms with van der Waals surface area (Å²) in [6.45, 7) is 2.04. The number of aromatic nitrogens is 2. The number of aromatic amines is 1. The van der Waals surface area contributed by atoms with E-state index in [0.29, 0.717) is 16.8 Å². The number of hydrogen-bond acceptors (Lipinski definition) is 3. The van der Waals surface area contributed by atoms with E-state index in [4.69, 9.17) is 4.74 Å². The van der Waals surface area contributed by atoms with Crippen molar-refractivity contribution in [2.45, 2.75) is 13.3 Å². The Hall–Kier alpha value is -2.18. The van der Waals surface area contributed by atoms with Crippen LogP contribution in [0.15, 0.2) is 57.7 Å². The molecule has 4 rings (SSSR count). The summed E-state index contributed by atoms with van der Waals surface area (Å²) >= 11 is 7.05. The van der Waals surface area contributed by atoms with Crippen LogP contribution in [-0.4, -0.2) is 22.4 Å². The molecule has 4 aromatic rings. The standard InChI is InChI=1S/C21H16Br2N2O2/c1-2-12-5-3-6-13-15(10-25-19(12)13)18(26)11-27-21-17(23)9-16(22)14-7-4-8-24-20(14)21/h3-10,25H,2,11H2,1H3. The molecule has 0 atom stereocenters. The molecule has 2 heterocycles. The number of fused-ring (bicyclic) bond motifs is 2. The van der Waals surface area contributed by atoms with Crippen molar-refractivity contribution in [1.29, 1.82) is 0 Å². The molecule has 136 valence electrons. The van der Waals surface area contributed by atoms with E-state index in [2.05, 4.69) is 54.8 Å². The van der Waals surface area contributed by atoms with Gasteiger partial charge in [0.05, 0.1) is 4.47 Å². The largest absolute Gasteiger partial charge is 0.482 e. The molecule has 4 nitrogen and oxygen atoms in total. The molecule has 27 heavy (non-hydrogen) atoms. The van der Waals surface area contributed by atoms with Crippen LogP contribution in [-0.2, 0) is 6.42 Å². The van der Waals surface area contributed by atoms with Gasteiger partial charge in [0.2, 0.25) is 5.78 Å². The normalized spacial score (nSPS) is 11.2. The molecule has 2 aromatic heterocycles. The topological polar surface area (TPSA) is 55.0 Å². The Morgan fingerprint density at radius 2 is 1.96 bits per heavy atom. The van der Waals surface area contributed by atoms with Crippen LogP contribution in [0.1, 0.15) is 22.8 Å². The van der Waals surface area contributed by atoms with E-state index in [1.807, 2.05) is 30.3 Å². The first-order valence-corrected chi connectivity index (χ1v) is 10.2. The molecule has 0 aliphatic rings. The van der Waals surface area contributed by atoms with E-state index in [1.165, 1.54) is 5.56 Å². The number of nitrogens with zero attached hydrogens (tertiary/aromatic N) is 1. The number of hydrogen-bond donors (Lipinski definition) is 1. The molecular formula is C21H16Br2N2O2. The van der Waals surface area contributed by atoms with Crippen molar-refractivity contribution >= 4 is 59.4 Å². The van der Waals surface area contributed by atoms with E-state index in [0.717, 1.165) is 31.7 Å². The van der Waals surface area contributed by atoms with Gasteiger partial charge in [-0.2, -0.15) is 0 Å². The predicted molar refractivity (Wildman–Crippen MR) is 115 cm³/mol. The van der Waals surface area contributed by atoms with Crippen molar-refractivity contribution in [1.82, 2.24) is 9.97 Å². The van der Waals surface area contributed by atoms with E-state index in [1.54, 1.807) is 12.4 Å². The number of pyridine rings is 1. The highest BCUT2D eigenvalue weighted by molar-refractivity contribution is 9.11. The van der Waals surface area contributed by atoms with E-state index < -0.39 is 0 Å². The highest BCUT2D eigenvalue weighted by Gasteiger charge is 2.17. The van der Waals surface area contributed by atoms with Crippen LogP contribution in [0.2, 0.25) is 0 Å². The summed E-state index contributed by atoms with van der Waals surface area (Å²) in [4.78, 5) is 20.5. The third-order valence-electron chi connectivity index (χ3n) is 4.58. The Morgan fingerprint density at radius 3 is 2.78 bits per heavy atom. The summed E-state index contributed by atoms with van der Waals surface area (Å²) in [5, 5.41) is 1.86. The number of nitrogens with one attached hydrogen (secondary N) is 1. The van der Waals surface area contributed by atoms with Gasteiger partial charge in [-0.15, -0.1) is 0 Å². The maximum Gasteiger partial charge on any atom is 0.202 e. The Balaban J connectivity index is 1.65. The molecule has 0 amide bonds. The number of carbonyl (C=O) groups is 1. The van der Waals surface area contributed by atoms with E-state index in [-0.39, 0.29) is 12.4 Å². The van der Waals surface area contributed by atoms with Gasteiger partial charge >= 0.3 is 0 Å². The summed E-state index contributed by atoms with van der Waals surface area (Å²) < 4.78 is 7.57. The van der Waals surface area contributed by atoms with Gasteiger partial charge in [0.15, 0.2) is 12.4 Å². The fourth-order valence-corrected chi connectivity index (χ4v) is 4.63. The van der Waals surface area contributed by atoms with Crippen molar-refractivity contribution in [2.24, 2.45) is 0 Å². The average Bonchev–Trinajstić information content (AvgIpc) is 3.12. The number of Topliss-reactive ketones (excluding diaryl/α,β-unsaturated/α-hetero) is 1. The first-order chi connectivity index (χ1) is 13.1. The fraction of sp³-hybridized carbons (Fsp3) is 0.143. The van der Waals surface area contributed by atoms with Gasteiger partial charge in [-0.1, -0.05) is 47.1 Å². The van der Waals surface area contributed by atoms with Gasteiger partial charge in [-0.3, -0.25) is 9.78 Å². The second-order valence-corrected chi connectivity index (χ2v) is 7.89. The maximum absolute atomic E-state index is 12.8. The SMILES string of the molecule is CCc1cccc2c(C(=O)COc3c(Br)cc(Br)c4cccnc34)c[nH]c12. The minimum Gasteiger partial charge on any atom is -0.482 e. The molecule has 0 saturated heterocycles. The lowest BCUT2D eigenvalue weighted by Gasteiger charge is -2.11. The highest BCUT2D eigenvalue weighted by Crippen LogP contribution is 2.37. The zero-order valence-corrected chi connectivity index (χ0v) is 17.7. The summed E-state index contributed by atoms with van der Waals surface area (Å²) in [5.41, 5.74) is 3.56. The lowest BCUT2D eigenvalue weighted by molar-refractivity contribution is 0.0923. The zero-order valence-electron chi connectivity index (χ0n) is 14.6. The van der Waals surface area contributed by atoms with Crippen molar-refractivity contribution in [3.63, 3.8) is 0 Å². The van der Waals surface area contributed by atoms with Gasteiger partial charge in [0, 0.05) is 38.7 Å². The predicted octanol–water partition coefficient (Wildman–Crippen LogP) is 6.07. The molecule has 0 bridgehead atoms. The van der Waals surface area contributed by atoms with Crippen LogP contribution in [0, 0.1) is 0 Å². The second-order valence-electron chi connectivity index (χ2n) is 6.18. The van der Waals surface area contributed by atoms with Crippen molar-refractivity contribution in [3.8, 4) is 5.75 Å². The van der Waals surface area contributed by atoms with Crippen LogP contribution in [0.25, 0.3) is 21.8 Å². The number of H-pyrrole nitrogens is 1. The second kappa shape index (κ2) is 7.44. The summed E-state index contributed by atoms with van der Waals surface area (Å²) in [6, 6.07) is 11.7. The molecular weight excluding hydrogens is 472 g/mol. The molecule has 2 aromatic carbocycles. The van der Waals surface area contributed by atoms with Crippen LogP contribution in [0.3, 0.4) is 0 Å². The number of halogens is 2. The first-order valence-electron chi connectivity index (χ1n) is 8.57. The van der Waals surface area contributed by atoms with Gasteiger partial charge in [0.1, 0.15) is 5.52 Å². The molecule has 1 N–H and O–H groups in total. The number of ketones is 1. The minimum atomic E-state index is -0.0756. The number of carbonyl (C=O) groups excluding carboxylic acids is 1. The van der Waals surface area contributed by atoms with Gasteiger partial charge < -0.3 is 9.72 Å². The third kappa shape index (κ3) is 3.28. The fourth-order valence-electron chi connectivity index (χ4n) is 3.24. The monoisotopic (exact) mass is 486 g/mol. The molecule has 0 unspecified atom stereocenters. The Kier molecular flexibility index (Phi) is 5.02. The van der Waals surface area contributed by atoms with Crippen molar-refractivity contribution < 1.29 is 9.53 Å². The van der Waals surface area contributed by atoms with Crippen molar-refractivity contribution in [2.75, 3.05) is 6.61 Å². The molecule has 0 aliphatic heterocycles. The first kappa shape index (κ1) is 18.2. The smallest absolute Gasteiger partial charge is 0.202 e. The lowest BCUT2D eigenvalue weighted by Crippen LogP contribution is -2.12. The average molecular weight is 488 g/mol. The molecule has 0 saturated carbocycles. The van der Waals surface area contributed by atoms with Gasteiger partial charge in [-0.05, 0) is 40.0 Å². The quantitative estimate of drug-likeness (QED) is 0.348. The van der Waals surface area contributed by atoms with Crippen LogP contribution in [0.4, 0.5) is 0 Å². The molecule has 6 heteroatoms. The number of ether oxygens (including phenoxy) is 1. The van der Waals surface area contributed by atoms with Gasteiger partial charge in [0.25, 0.3) is 0 Å². The number of aryl methyl sites for hydroxylation is 1. The van der Waals surface area contributed by atoms with E-state index in [9.17, 15) is 4.79 Å². The summed E-state index contributed by atoms with van der Waals surface area (Å²) in [6.07, 6.45) is 4.38. The minimum absolute atomic E-state index is 0.0603. The highest BCUT2D eigenvalue weighted by atomic mass is 79.9. The van der Waals surface area contributed by atoms with E-state index >= 15 is 0 Å². The molecule has 0 radical (unpaired) electrons. The van der Waals surface area contributed by atoms with Crippen LogP contribution < -0.4 is 4.74 Å². The zero-order chi connectivity index (χ0) is 19.0. The molecule has 0 fully saturated rings. The lowest BCUT2D eigenvalue weighted by atomic mass is 10.1. The number of rotatable bonds is 5. The van der Waals surface area contributed by atoms with Crippen LogP contribution in [0.5, 0.6) is 5.75 Å². The van der Waals surface area contributed by atoms with Crippen molar-refractivity contribution in [3.05, 3.63) is 68.9 Å². The Bertz CT molecular complexity index is 1170. The summed E-state index contributed by atoms with van der Waals surface area (Å²) in [5.74, 6) is 0.490. The van der Waals surface area contributed by atoms with Gasteiger partial charge in [-0.25, -0.2) is 0 Å². The molecule has 0 spiro atoms. The third-order valence-corrected chi connectivity index (χ3v) is 5.83.